The minimum absolute atomic E-state index is 0.127. The number of carbonyl (C=O) groups is 1. The molecular formula is C12H20N2O2. The molecule has 4 nitrogen and oxygen atoms in total. The van der Waals surface area contributed by atoms with Gasteiger partial charge in [0.25, 0.3) is 0 Å². The summed E-state index contributed by atoms with van der Waals surface area (Å²) in [6.07, 6.45) is 2.54. The van der Waals surface area contributed by atoms with Crippen molar-refractivity contribution in [1.82, 2.24) is 9.78 Å². The summed E-state index contributed by atoms with van der Waals surface area (Å²) in [5, 5.41) is 4.16. The zero-order chi connectivity index (χ0) is 12.2. The van der Waals surface area contributed by atoms with Crippen molar-refractivity contribution in [2.75, 3.05) is 13.7 Å². The third-order valence-corrected chi connectivity index (χ3v) is 2.35. The van der Waals surface area contributed by atoms with Gasteiger partial charge >= 0.3 is 0 Å². The molecule has 1 heterocycles. The molecule has 0 radical (unpaired) electrons. The molecule has 0 spiro atoms. The van der Waals surface area contributed by atoms with E-state index in [1.165, 1.54) is 0 Å². The number of methoxy groups -OCH3 is 1. The maximum atomic E-state index is 12.1. The number of hydrogen-bond donors (Lipinski definition) is 0. The van der Waals surface area contributed by atoms with Crippen molar-refractivity contribution in [3.63, 3.8) is 0 Å². The Balaban J connectivity index is 2.74. The van der Waals surface area contributed by atoms with E-state index in [1.807, 2.05) is 20.8 Å². The van der Waals surface area contributed by atoms with E-state index in [1.54, 1.807) is 24.1 Å². The fourth-order valence-corrected chi connectivity index (χ4v) is 1.45. The molecule has 1 rings (SSSR count). The highest BCUT2D eigenvalue weighted by molar-refractivity contribution is 5.98. The van der Waals surface area contributed by atoms with Gasteiger partial charge in [0.1, 0.15) is 5.69 Å². The number of aromatic nitrogens is 2. The highest BCUT2D eigenvalue weighted by Gasteiger charge is 2.25. The second-order valence-electron chi connectivity index (χ2n) is 4.87. The fraction of sp³-hybridized carbons (Fsp3) is 0.667. The van der Waals surface area contributed by atoms with Crippen molar-refractivity contribution in [3.05, 3.63) is 18.0 Å². The van der Waals surface area contributed by atoms with Crippen LogP contribution in [-0.4, -0.2) is 29.3 Å². The number of nitrogens with zero attached hydrogens (tertiary/aromatic N) is 2. The zero-order valence-electron chi connectivity index (χ0n) is 10.5. The highest BCUT2D eigenvalue weighted by atomic mass is 16.5. The minimum Gasteiger partial charge on any atom is -0.385 e. The van der Waals surface area contributed by atoms with Gasteiger partial charge in [0.2, 0.25) is 0 Å². The van der Waals surface area contributed by atoms with Crippen LogP contribution in [0.3, 0.4) is 0 Å². The van der Waals surface area contributed by atoms with Crippen LogP contribution in [0.4, 0.5) is 0 Å². The predicted molar refractivity (Wildman–Crippen MR) is 62.5 cm³/mol. The molecule has 0 atom stereocenters. The smallest absolute Gasteiger partial charge is 0.186 e. The molecule has 1 aromatic heterocycles. The normalized spacial score (nSPS) is 11.8. The number of ketones is 1. The Labute approximate surface area is 96.6 Å². The first-order chi connectivity index (χ1) is 7.46. The van der Waals surface area contributed by atoms with E-state index < -0.39 is 0 Å². The average Bonchev–Trinajstić information content (AvgIpc) is 2.64. The highest BCUT2D eigenvalue weighted by Crippen LogP contribution is 2.20. The largest absolute Gasteiger partial charge is 0.385 e. The summed E-state index contributed by atoms with van der Waals surface area (Å²) in [5.74, 6) is 0.127. The molecule has 0 unspecified atom stereocenters. The molecular weight excluding hydrogens is 204 g/mol. The number of hydrogen-bond acceptors (Lipinski definition) is 3. The van der Waals surface area contributed by atoms with Crippen LogP contribution in [-0.2, 0) is 11.3 Å². The van der Waals surface area contributed by atoms with E-state index in [9.17, 15) is 4.79 Å². The average molecular weight is 224 g/mol. The third-order valence-electron chi connectivity index (χ3n) is 2.35. The number of carbonyl (C=O) groups excluding carboxylic acids is 1. The first kappa shape index (κ1) is 12.9. The molecule has 16 heavy (non-hydrogen) atoms. The van der Waals surface area contributed by atoms with Crippen LogP contribution in [0, 0.1) is 5.41 Å². The standard InChI is InChI=1S/C12H20N2O2/c1-12(2,3)11(15)10-6-7-13-14(10)8-5-9-16-4/h6-7H,5,8-9H2,1-4H3. The fourth-order valence-electron chi connectivity index (χ4n) is 1.45. The SMILES string of the molecule is COCCCn1nccc1C(=O)C(C)(C)C. The summed E-state index contributed by atoms with van der Waals surface area (Å²) in [6, 6.07) is 1.78. The Hall–Kier alpha value is -1.16. The second kappa shape index (κ2) is 5.25. The van der Waals surface area contributed by atoms with E-state index in [0.717, 1.165) is 13.0 Å². The van der Waals surface area contributed by atoms with Gasteiger partial charge in [-0.2, -0.15) is 5.10 Å². The van der Waals surface area contributed by atoms with Gasteiger partial charge in [-0.05, 0) is 12.5 Å². The lowest BCUT2D eigenvalue weighted by atomic mass is 9.89. The van der Waals surface area contributed by atoms with Crippen molar-refractivity contribution in [2.45, 2.75) is 33.7 Å². The lowest BCUT2D eigenvalue weighted by molar-refractivity contribution is 0.0845. The van der Waals surface area contributed by atoms with Crippen molar-refractivity contribution in [1.29, 1.82) is 0 Å². The molecule has 0 bridgehead atoms. The summed E-state index contributed by atoms with van der Waals surface area (Å²) >= 11 is 0. The predicted octanol–water partition coefficient (Wildman–Crippen LogP) is 2.15. The molecule has 90 valence electrons. The Bertz CT molecular complexity index is 350. The molecule has 0 aliphatic carbocycles. The molecule has 0 aromatic carbocycles. The third kappa shape index (κ3) is 3.17. The molecule has 0 fully saturated rings. The maximum Gasteiger partial charge on any atom is 0.186 e. The molecule has 0 aliphatic heterocycles. The molecule has 1 aromatic rings. The summed E-state index contributed by atoms with van der Waals surface area (Å²) in [5.41, 5.74) is 0.322. The molecule has 0 amide bonds. The number of aryl methyl sites for hydroxylation is 1. The molecule has 0 saturated heterocycles. The van der Waals surface area contributed by atoms with Gasteiger partial charge in [0.05, 0.1) is 0 Å². The van der Waals surface area contributed by atoms with Crippen molar-refractivity contribution < 1.29 is 9.53 Å². The van der Waals surface area contributed by atoms with Crippen molar-refractivity contribution >= 4 is 5.78 Å². The monoisotopic (exact) mass is 224 g/mol. The minimum atomic E-state index is -0.362. The Morgan fingerprint density at radius 2 is 2.19 bits per heavy atom. The Kier molecular flexibility index (Phi) is 4.24. The van der Waals surface area contributed by atoms with Crippen LogP contribution >= 0.6 is 0 Å². The molecule has 0 N–H and O–H groups in total. The lowest BCUT2D eigenvalue weighted by Gasteiger charge is -2.17. The summed E-state index contributed by atoms with van der Waals surface area (Å²) in [4.78, 5) is 12.1. The maximum absolute atomic E-state index is 12.1. The zero-order valence-corrected chi connectivity index (χ0v) is 10.5. The van der Waals surface area contributed by atoms with Crippen molar-refractivity contribution in [3.8, 4) is 0 Å². The molecule has 0 aliphatic rings. The number of rotatable bonds is 5. The summed E-state index contributed by atoms with van der Waals surface area (Å²) < 4.78 is 6.74. The Morgan fingerprint density at radius 1 is 1.50 bits per heavy atom. The van der Waals surface area contributed by atoms with Gasteiger partial charge in [-0.1, -0.05) is 20.8 Å². The van der Waals surface area contributed by atoms with Gasteiger partial charge in [-0.3, -0.25) is 9.48 Å². The first-order valence-corrected chi connectivity index (χ1v) is 5.52. The number of Topliss-reactive ketones (excluding diaryl/α,β-unsaturated/α-hetero) is 1. The molecule has 4 heteroatoms. The van der Waals surface area contributed by atoms with E-state index >= 15 is 0 Å². The second-order valence-corrected chi connectivity index (χ2v) is 4.87. The van der Waals surface area contributed by atoms with Gasteiger partial charge in [0.15, 0.2) is 5.78 Å². The van der Waals surface area contributed by atoms with Gasteiger partial charge < -0.3 is 4.74 Å². The Morgan fingerprint density at radius 3 is 2.75 bits per heavy atom. The first-order valence-electron chi connectivity index (χ1n) is 5.52. The van der Waals surface area contributed by atoms with E-state index in [-0.39, 0.29) is 11.2 Å². The van der Waals surface area contributed by atoms with Crippen molar-refractivity contribution in [2.24, 2.45) is 5.41 Å². The summed E-state index contributed by atoms with van der Waals surface area (Å²) in [7, 11) is 1.67. The summed E-state index contributed by atoms with van der Waals surface area (Å²) in [6.45, 7) is 7.16. The molecule has 0 saturated carbocycles. The van der Waals surface area contributed by atoms with Gasteiger partial charge in [-0.15, -0.1) is 0 Å². The van der Waals surface area contributed by atoms with Crippen LogP contribution in [0.15, 0.2) is 12.3 Å². The van der Waals surface area contributed by atoms with Crippen LogP contribution in [0.1, 0.15) is 37.7 Å². The number of ether oxygens (including phenoxy) is 1. The van der Waals surface area contributed by atoms with Crippen LogP contribution in [0.2, 0.25) is 0 Å². The van der Waals surface area contributed by atoms with Crippen LogP contribution < -0.4 is 0 Å². The van der Waals surface area contributed by atoms with Gasteiger partial charge in [0, 0.05) is 31.9 Å². The van der Waals surface area contributed by atoms with E-state index in [2.05, 4.69) is 5.10 Å². The van der Waals surface area contributed by atoms with E-state index in [0.29, 0.717) is 12.3 Å². The van der Waals surface area contributed by atoms with E-state index in [4.69, 9.17) is 4.74 Å². The quantitative estimate of drug-likeness (QED) is 0.568. The van der Waals surface area contributed by atoms with Crippen LogP contribution in [0.5, 0.6) is 0 Å². The lowest BCUT2D eigenvalue weighted by Crippen LogP contribution is -2.24. The topological polar surface area (TPSA) is 44.1 Å². The van der Waals surface area contributed by atoms with Crippen LogP contribution in [0.25, 0.3) is 0 Å². The van der Waals surface area contributed by atoms with Gasteiger partial charge in [-0.25, -0.2) is 0 Å².